The summed E-state index contributed by atoms with van der Waals surface area (Å²) >= 11 is 0. The van der Waals surface area contributed by atoms with E-state index in [1.165, 1.54) is 20.9 Å². The second-order valence-electron chi connectivity index (χ2n) is 10.1. The number of amides is 3. The van der Waals surface area contributed by atoms with Crippen LogP contribution in [0.25, 0.3) is 0 Å². The number of hydrogen-bond acceptors (Lipinski definition) is 5. The minimum absolute atomic E-state index is 0.0633. The molecule has 182 valence electrons. The van der Waals surface area contributed by atoms with Gasteiger partial charge in [0.25, 0.3) is 5.91 Å². The van der Waals surface area contributed by atoms with Crippen molar-refractivity contribution in [3.63, 3.8) is 0 Å². The van der Waals surface area contributed by atoms with Crippen molar-refractivity contribution in [1.29, 1.82) is 0 Å². The molecule has 1 aliphatic heterocycles. The molecule has 2 heterocycles. The molecule has 1 aromatic heterocycles. The molecule has 3 amide bonds. The topological polar surface area (TPSA) is 95.8 Å². The molecule has 0 spiro atoms. The average Bonchev–Trinajstić information content (AvgIpc) is 3.34. The minimum Gasteiger partial charge on any atom is -0.446 e. The van der Waals surface area contributed by atoms with Gasteiger partial charge in [0.2, 0.25) is 11.8 Å². The van der Waals surface area contributed by atoms with Crippen molar-refractivity contribution in [3.8, 4) is 0 Å². The second kappa shape index (κ2) is 9.24. The normalized spacial score (nSPS) is 21.6. The highest BCUT2D eigenvalue weighted by molar-refractivity contribution is 6.00. The van der Waals surface area contributed by atoms with E-state index in [0.717, 1.165) is 0 Å². The van der Waals surface area contributed by atoms with Crippen LogP contribution in [0.3, 0.4) is 0 Å². The van der Waals surface area contributed by atoms with Crippen LogP contribution >= 0.6 is 0 Å². The van der Waals surface area contributed by atoms with Crippen LogP contribution in [0.5, 0.6) is 0 Å². The van der Waals surface area contributed by atoms with Gasteiger partial charge in [0.05, 0.1) is 0 Å². The summed E-state index contributed by atoms with van der Waals surface area (Å²) in [6.07, 6.45) is 1.87. The van der Waals surface area contributed by atoms with Crippen LogP contribution in [-0.4, -0.2) is 58.7 Å². The Kier molecular flexibility index (Phi) is 6.51. The first-order valence-corrected chi connectivity index (χ1v) is 11.9. The molecular formula is C26H34N4O4. The zero-order valence-electron chi connectivity index (χ0n) is 20.8. The fourth-order valence-corrected chi connectivity index (χ4v) is 5.29. The third-order valence-electron chi connectivity index (χ3n) is 6.86. The lowest BCUT2D eigenvalue weighted by atomic mass is 9.88. The molecule has 1 aromatic carbocycles. The van der Waals surface area contributed by atoms with Crippen molar-refractivity contribution in [2.24, 2.45) is 11.8 Å². The summed E-state index contributed by atoms with van der Waals surface area (Å²) in [5.41, 5.74) is 2.80. The van der Waals surface area contributed by atoms with Crippen LogP contribution in [0.2, 0.25) is 0 Å². The van der Waals surface area contributed by atoms with Crippen molar-refractivity contribution in [2.75, 3.05) is 14.1 Å². The summed E-state index contributed by atoms with van der Waals surface area (Å²) < 4.78 is 5.64. The zero-order valence-corrected chi connectivity index (χ0v) is 20.8. The zero-order chi connectivity index (χ0) is 24.7. The molecule has 34 heavy (non-hydrogen) atoms. The van der Waals surface area contributed by atoms with E-state index >= 15 is 0 Å². The highest BCUT2D eigenvalue weighted by atomic mass is 16.4. The van der Waals surface area contributed by atoms with Gasteiger partial charge in [-0.3, -0.25) is 14.4 Å². The van der Waals surface area contributed by atoms with Gasteiger partial charge < -0.3 is 19.5 Å². The molecule has 2 aliphatic rings. The van der Waals surface area contributed by atoms with Crippen LogP contribution in [0, 0.1) is 25.7 Å². The van der Waals surface area contributed by atoms with Crippen LogP contribution in [0.4, 0.5) is 0 Å². The third kappa shape index (κ3) is 4.33. The van der Waals surface area contributed by atoms with Gasteiger partial charge in [0.1, 0.15) is 23.5 Å². The van der Waals surface area contributed by atoms with E-state index < -0.39 is 18.1 Å². The van der Waals surface area contributed by atoms with E-state index in [9.17, 15) is 14.4 Å². The molecule has 0 radical (unpaired) electrons. The Bertz CT molecular complexity index is 1080. The number of benzene rings is 1. The van der Waals surface area contributed by atoms with Crippen molar-refractivity contribution in [3.05, 3.63) is 52.7 Å². The minimum atomic E-state index is -1.03. The lowest BCUT2D eigenvalue weighted by molar-refractivity contribution is -0.159. The predicted molar refractivity (Wildman–Crippen MR) is 127 cm³/mol. The van der Waals surface area contributed by atoms with E-state index in [0.29, 0.717) is 36.6 Å². The van der Waals surface area contributed by atoms with Crippen LogP contribution < -0.4 is 5.32 Å². The first kappa shape index (κ1) is 24.0. The number of hydrogen-bond donors (Lipinski definition) is 1. The number of nitrogens with zero attached hydrogens (tertiary/aromatic N) is 3. The van der Waals surface area contributed by atoms with E-state index in [1.807, 2.05) is 26.0 Å². The molecule has 3 atom stereocenters. The Hall–Kier alpha value is -3.16. The molecule has 0 saturated carbocycles. The monoisotopic (exact) mass is 466 g/mol. The average molecular weight is 467 g/mol. The van der Waals surface area contributed by atoms with Crippen LogP contribution in [0.15, 0.2) is 28.7 Å². The van der Waals surface area contributed by atoms with Gasteiger partial charge in [-0.25, -0.2) is 4.98 Å². The Morgan fingerprint density at radius 1 is 1.18 bits per heavy atom. The highest BCUT2D eigenvalue weighted by Gasteiger charge is 2.50. The summed E-state index contributed by atoms with van der Waals surface area (Å²) in [5, 5.41) is 3.02. The Morgan fingerprint density at radius 3 is 2.29 bits per heavy atom. The first-order valence-electron chi connectivity index (χ1n) is 11.9. The van der Waals surface area contributed by atoms with E-state index in [1.54, 1.807) is 27.9 Å². The lowest BCUT2D eigenvalue weighted by Gasteiger charge is -2.44. The summed E-state index contributed by atoms with van der Waals surface area (Å²) in [6, 6.07) is 5.64. The number of nitrogens with one attached hydrogen (secondary N) is 1. The summed E-state index contributed by atoms with van der Waals surface area (Å²) in [4.78, 5) is 48.5. The summed E-state index contributed by atoms with van der Waals surface area (Å²) in [7, 11) is 3.29. The maximum atomic E-state index is 14.1. The van der Waals surface area contributed by atoms with E-state index in [-0.39, 0.29) is 29.6 Å². The fraction of sp³-hybridized carbons (Fsp3) is 0.538. The summed E-state index contributed by atoms with van der Waals surface area (Å²) in [6.45, 7) is 7.46. The SMILES string of the molecule is Cc1nc(C(C(=O)N(C)C)N2C(=O)[C@@H](C3Cc4ccccc4C3)NC(=O)[C@H]2CC(C)C)c(C)o1. The molecule has 1 N–H and O–H groups in total. The Morgan fingerprint density at radius 2 is 1.79 bits per heavy atom. The summed E-state index contributed by atoms with van der Waals surface area (Å²) in [5.74, 6) is 0.222. The van der Waals surface area contributed by atoms with Crippen LogP contribution in [-0.2, 0) is 27.2 Å². The van der Waals surface area contributed by atoms with Gasteiger partial charge in [-0.05, 0) is 49.1 Å². The van der Waals surface area contributed by atoms with Crippen molar-refractivity contribution >= 4 is 17.7 Å². The number of piperazine rings is 1. The van der Waals surface area contributed by atoms with Crippen molar-refractivity contribution < 1.29 is 18.8 Å². The molecular weight excluding hydrogens is 432 g/mol. The quantitative estimate of drug-likeness (QED) is 0.706. The maximum Gasteiger partial charge on any atom is 0.251 e. The molecule has 1 fully saturated rings. The van der Waals surface area contributed by atoms with E-state index in [4.69, 9.17) is 4.42 Å². The van der Waals surface area contributed by atoms with Crippen molar-refractivity contribution in [1.82, 2.24) is 20.1 Å². The molecule has 1 saturated heterocycles. The van der Waals surface area contributed by atoms with Gasteiger partial charge in [-0.1, -0.05) is 38.1 Å². The largest absolute Gasteiger partial charge is 0.446 e. The Labute approximate surface area is 200 Å². The van der Waals surface area contributed by atoms with E-state index in [2.05, 4.69) is 22.4 Å². The number of fused-ring (bicyclic) bond motifs is 1. The molecule has 1 unspecified atom stereocenters. The van der Waals surface area contributed by atoms with Crippen molar-refractivity contribution in [2.45, 2.75) is 65.1 Å². The first-order chi connectivity index (χ1) is 16.1. The standard InChI is InChI=1S/C26H34N4O4/c1-14(2)11-20-24(31)28-22(19-12-17-9-7-8-10-18(17)13-19)25(32)30(20)23(26(33)29(5)6)21-15(3)34-16(4)27-21/h7-10,14,19-20,22-23H,11-13H2,1-6H3,(H,28,31)/t20-,22-,23?/m1/s1. The van der Waals surface area contributed by atoms with Gasteiger partial charge in [0.15, 0.2) is 11.9 Å². The number of likely N-dealkylation sites (N-methyl/N-ethyl adjacent to an activating group) is 1. The van der Waals surface area contributed by atoms with Crippen LogP contribution in [0.1, 0.15) is 54.8 Å². The second-order valence-corrected chi connectivity index (χ2v) is 10.1. The highest BCUT2D eigenvalue weighted by Crippen LogP contribution is 2.36. The number of carbonyl (C=O) groups excluding carboxylic acids is 3. The molecule has 0 bridgehead atoms. The molecule has 2 aromatic rings. The third-order valence-corrected chi connectivity index (χ3v) is 6.86. The van der Waals surface area contributed by atoms with Gasteiger partial charge in [-0.15, -0.1) is 0 Å². The molecule has 4 rings (SSSR count). The molecule has 1 aliphatic carbocycles. The number of aryl methyl sites for hydroxylation is 2. The number of oxazole rings is 1. The number of rotatable bonds is 6. The van der Waals surface area contributed by atoms with Gasteiger partial charge >= 0.3 is 0 Å². The fourth-order valence-electron chi connectivity index (χ4n) is 5.29. The molecule has 8 heteroatoms. The Balaban J connectivity index is 1.77. The smallest absolute Gasteiger partial charge is 0.251 e. The predicted octanol–water partition coefficient (Wildman–Crippen LogP) is 2.58. The lowest BCUT2D eigenvalue weighted by Crippen LogP contribution is -2.67. The molecule has 8 nitrogen and oxygen atoms in total. The number of aromatic nitrogens is 1. The van der Waals surface area contributed by atoms with Gasteiger partial charge in [0, 0.05) is 21.0 Å². The number of carbonyl (C=O) groups is 3. The van der Waals surface area contributed by atoms with Gasteiger partial charge in [-0.2, -0.15) is 0 Å². The maximum absolute atomic E-state index is 14.1.